The first-order chi connectivity index (χ1) is 5.37. The quantitative estimate of drug-likeness (QED) is 0.470. The van der Waals surface area contributed by atoms with Gasteiger partial charge in [-0.3, -0.25) is 0 Å². The molecule has 0 aliphatic rings. The number of hydrogen-bond donors (Lipinski definition) is 0. The molecule has 0 spiro atoms. The molecule has 70 valence electrons. The first-order valence-electron chi connectivity index (χ1n) is 4.17. The topological polar surface area (TPSA) is 26.3 Å². The maximum absolute atomic E-state index is 11.1. The summed E-state index contributed by atoms with van der Waals surface area (Å²) in [5.41, 5.74) is 0.711. The summed E-state index contributed by atoms with van der Waals surface area (Å²) in [5, 5.41) is 0. The van der Waals surface area contributed by atoms with Gasteiger partial charge in [0.25, 0.3) is 0 Å². The van der Waals surface area contributed by atoms with Crippen LogP contribution in [0, 0.1) is 5.41 Å². The third kappa shape index (κ3) is 4.94. The zero-order valence-electron chi connectivity index (χ0n) is 8.60. The summed E-state index contributed by atoms with van der Waals surface area (Å²) in [5.74, 6) is -0.215. The molecule has 0 heterocycles. The molecule has 0 radical (unpaired) electrons. The molecular weight excluding hydrogens is 152 g/mol. The molecule has 0 saturated heterocycles. The van der Waals surface area contributed by atoms with E-state index < -0.39 is 0 Å². The number of esters is 1. The molecule has 0 aromatic heterocycles. The van der Waals surface area contributed by atoms with Crippen LogP contribution in [0.1, 0.15) is 34.6 Å². The third-order valence-electron chi connectivity index (χ3n) is 1.39. The van der Waals surface area contributed by atoms with Crippen molar-refractivity contribution in [2.45, 2.75) is 34.6 Å². The van der Waals surface area contributed by atoms with Gasteiger partial charge in [0.1, 0.15) is 0 Å². The van der Waals surface area contributed by atoms with Gasteiger partial charge in [-0.05, 0) is 19.3 Å². The fourth-order valence-electron chi connectivity index (χ4n) is 0.514. The first-order valence-corrected chi connectivity index (χ1v) is 4.17. The monoisotopic (exact) mass is 170 g/mol. The van der Waals surface area contributed by atoms with Gasteiger partial charge in [0.15, 0.2) is 0 Å². The highest BCUT2D eigenvalue weighted by Gasteiger charge is 2.13. The number of hydrogen-bond acceptors (Lipinski definition) is 2. The molecule has 0 aliphatic heterocycles. The molecule has 0 aliphatic carbocycles. The lowest BCUT2D eigenvalue weighted by Gasteiger charge is -2.17. The average molecular weight is 170 g/mol. The lowest BCUT2D eigenvalue weighted by Crippen LogP contribution is -2.18. The molecule has 0 fully saturated rings. The molecule has 0 saturated carbocycles. The van der Waals surface area contributed by atoms with Crippen LogP contribution >= 0.6 is 0 Å². The largest absolute Gasteiger partial charge is 0.462 e. The summed E-state index contributed by atoms with van der Waals surface area (Å²) in [6, 6.07) is 0. The number of carbonyl (C=O) groups is 1. The zero-order valence-corrected chi connectivity index (χ0v) is 8.60. The summed E-state index contributed by atoms with van der Waals surface area (Å²) in [7, 11) is 0. The van der Waals surface area contributed by atoms with Crippen LogP contribution in [0.25, 0.3) is 0 Å². The summed E-state index contributed by atoms with van der Waals surface area (Å²) >= 11 is 0. The average Bonchev–Trinajstić information content (AvgIpc) is 1.97. The van der Waals surface area contributed by atoms with Gasteiger partial charge in [0.05, 0.1) is 6.61 Å². The zero-order chi connectivity index (χ0) is 9.78. The predicted molar refractivity (Wildman–Crippen MR) is 49.8 cm³/mol. The number of rotatable bonds is 2. The van der Waals surface area contributed by atoms with Crippen molar-refractivity contribution in [1.82, 2.24) is 0 Å². The highest BCUT2D eigenvalue weighted by Crippen LogP contribution is 2.13. The molecule has 2 heteroatoms. The molecule has 0 unspecified atom stereocenters. The van der Waals surface area contributed by atoms with E-state index >= 15 is 0 Å². The van der Waals surface area contributed by atoms with Crippen molar-refractivity contribution in [3.05, 3.63) is 11.6 Å². The van der Waals surface area contributed by atoms with E-state index in [9.17, 15) is 4.79 Å². The van der Waals surface area contributed by atoms with Crippen LogP contribution in [-0.4, -0.2) is 12.6 Å². The van der Waals surface area contributed by atoms with E-state index in [2.05, 4.69) is 0 Å². The van der Waals surface area contributed by atoms with Gasteiger partial charge >= 0.3 is 5.97 Å². The van der Waals surface area contributed by atoms with E-state index in [0.29, 0.717) is 12.2 Å². The predicted octanol–water partition coefficient (Wildman–Crippen LogP) is 2.54. The Bertz CT molecular complexity index is 185. The van der Waals surface area contributed by atoms with Gasteiger partial charge in [0.2, 0.25) is 0 Å². The fraction of sp³-hybridized carbons (Fsp3) is 0.700. The number of carbonyl (C=O) groups excluding carboxylic acids is 1. The van der Waals surface area contributed by atoms with Crippen molar-refractivity contribution < 1.29 is 9.53 Å². The lowest BCUT2D eigenvalue weighted by atomic mass is 9.99. The van der Waals surface area contributed by atoms with Gasteiger partial charge in [-0.2, -0.15) is 0 Å². The van der Waals surface area contributed by atoms with Crippen molar-refractivity contribution in [2.24, 2.45) is 5.41 Å². The standard InChI is InChI=1S/C10H18O2/c1-6-8(2)9(11)12-7-10(3,4)5/h6H,7H2,1-5H3. The van der Waals surface area contributed by atoms with Crippen LogP contribution in [0.15, 0.2) is 11.6 Å². The van der Waals surface area contributed by atoms with E-state index in [1.807, 2.05) is 27.7 Å². The van der Waals surface area contributed by atoms with Gasteiger partial charge in [-0.1, -0.05) is 26.8 Å². The Hall–Kier alpha value is -0.790. The molecule has 0 amide bonds. The van der Waals surface area contributed by atoms with Crippen LogP contribution in [-0.2, 0) is 9.53 Å². The van der Waals surface area contributed by atoms with Crippen LogP contribution < -0.4 is 0 Å². The van der Waals surface area contributed by atoms with Gasteiger partial charge in [-0.25, -0.2) is 4.79 Å². The Morgan fingerprint density at radius 3 is 2.25 bits per heavy atom. The van der Waals surface area contributed by atoms with E-state index in [1.165, 1.54) is 0 Å². The minimum absolute atomic E-state index is 0.0453. The molecule has 2 nitrogen and oxygen atoms in total. The van der Waals surface area contributed by atoms with Gasteiger partial charge in [-0.15, -0.1) is 0 Å². The third-order valence-corrected chi connectivity index (χ3v) is 1.39. The highest BCUT2D eigenvalue weighted by atomic mass is 16.5. The molecule has 0 rings (SSSR count). The smallest absolute Gasteiger partial charge is 0.333 e. The van der Waals surface area contributed by atoms with E-state index in [1.54, 1.807) is 13.0 Å². The Morgan fingerprint density at radius 2 is 1.92 bits per heavy atom. The molecule has 12 heavy (non-hydrogen) atoms. The van der Waals surface area contributed by atoms with Crippen molar-refractivity contribution in [2.75, 3.05) is 6.61 Å². The second-order valence-corrected chi connectivity index (χ2v) is 4.11. The second kappa shape index (κ2) is 4.29. The van der Waals surface area contributed by atoms with Crippen LogP contribution in [0.4, 0.5) is 0 Å². The molecule has 0 aromatic carbocycles. The maximum Gasteiger partial charge on any atom is 0.333 e. The van der Waals surface area contributed by atoms with Crippen molar-refractivity contribution in [1.29, 1.82) is 0 Å². The molecule has 0 aromatic rings. The van der Waals surface area contributed by atoms with Crippen molar-refractivity contribution >= 4 is 5.97 Å². The normalized spacial score (nSPS) is 12.9. The molecular formula is C10H18O2. The molecule has 0 N–H and O–H groups in total. The Labute approximate surface area is 74.6 Å². The molecule has 0 bridgehead atoms. The van der Waals surface area contributed by atoms with E-state index in [0.717, 1.165) is 0 Å². The van der Waals surface area contributed by atoms with E-state index in [-0.39, 0.29) is 11.4 Å². The second-order valence-electron chi connectivity index (χ2n) is 4.11. The fourth-order valence-corrected chi connectivity index (χ4v) is 0.514. The van der Waals surface area contributed by atoms with Crippen LogP contribution in [0.3, 0.4) is 0 Å². The summed E-state index contributed by atoms with van der Waals surface area (Å²) < 4.78 is 5.05. The van der Waals surface area contributed by atoms with Gasteiger partial charge < -0.3 is 4.74 Å². The van der Waals surface area contributed by atoms with Crippen molar-refractivity contribution in [3.63, 3.8) is 0 Å². The first kappa shape index (κ1) is 11.2. The lowest BCUT2D eigenvalue weighted by molar-refractivity contribution is -0.141. The number of allylic oxidation sites excluding steroid dienone is 1. The molecule has 0 atom stereocenters. The Balaban J connectivity index is 3.89. The Kier molecular flexibility index (Phi) is 4.01. The van der Waals surface area contributed by atoms with Gasteiger partial charge in [0, 0.05) is 5.57 Å². The minimum atomic E-state index is -0.215. The summed E-state index contributed by atoms with van der Waals surface area (Å²) in [4.78, 5) is 11.1. The SMILES string of the molecule is CC=C(C)C(=O)OCC(C)(C)C. The van der Waals surface area contributed by atoms with Crippen molar-refractivity contribution in [3.8, 4) is 0 Å². The van der Waals surface area contributed by atoms with Crippen LogP contribution in [0.5, 0.6) is 0 Å². The highest BCUT2D eigenvalue weighted by molar-refractivity contribution is 5.87. The van der Waals surface area contributed by atoms with Crippen LogP contribution in [0.2, 0.25) is 0 Å². The summed E-state index contributed by atoms with van der Waals surface area (Å²) in [6.07, 6.45) is 1.75. The number of ether oxygens (including phenoxy) is 1. The maximum atomic E-state index is 11.1. The Morgan fingerprint density at radius 1 is 1.42 bits per heavy atom. The summed E-state index contributed by atoms with van der Waals surface area (Å²) in [6.45, 7) is 10.2. The van der Waals surface area contributed by atoms with E-state index in [4.69, 9.17) is 4.74 Å². The minimum Gasteiger partial charge on any atom is -0.462 e.